The van der Waals surface area contributed by atoms with Gasteiger partial charge >= 0.3 is 0 Å². The molecule has 0 aliphatic rings. The number of nitrogens with zero attached hydrogens (tertiary/aromatic N) is 3. The molecule has 0 bridgehead atoms. The van der Waals surface area contributed by atoms with Crippen LogP contribution in [0.5, 0.6) is 11.5 Å². The van der Waals surface area contributed by atoms with Crippen LogP contribution in [-0.4, -0.2) is 14.5 Å². The fourth-order valence-corrected chi connectivity index (χ4v) is 3.71. The van der Waals surface area contributed by atoms with E-state index in [-0.39, 0.29) is 5.75 Å². The van der Waals surface area contributed by atoms with E-state index in [4.69, 9.17) is 10.5 Å². The number of ether oxygens (including phenoxy) is 1. The molecular formula is C18H15FN4OS. The molecule has 0 spiro atoms. The number of hydrogen-bond donors (Lipinski definition) is 1. The molecule has 0 fully saturated rings. The van der Waals surface area contributed by atoms with Crippen LogP contribution in [0.1, 0.15) is 6.92 Å². The van der Waals surface area contributed by atoms with Crippen molar-refractivity contribution in [2.45, 2.75) is 13.5 Å². The lowest BCUT2D eigenvalue weighted by molar-refractivity contribution is 0.447. The fourth-order valence-electron chi connectivity index (χ4n) is 2.62. The van der Waals surface area contributed by atoms with Crippen LogP contribution in [-0.2, 0) is 6.54 Å². The molecule has 5 nitrogen and oxygen atoms in total. The molecule has 3 aromatic heterocycles. The van der Waals surface area contributed by atoms with E-state index in [9.17, 15) is 4.39 Å². The quantitative estimate of drug-likeness (QED) is 0.540. The maximum Gasteiger partial charge on any atom is 0.167 e. The second-order valence-electron chi connectivity index (χ2n) is 5.49. The minimum absolute atomic E-state index is 0.134. The SMILES string of the molecule is CCn1cncc1-c1cc2nccc(Oc3ccc(N)cc3F)c2s1. The highest BCUT2D eigenvalue weighted by Crippen LogP contribution is 2.39. The molecular weight excluding hydrogens is 339 g/mol. The molecule has 0 unspecified atom stereocenters. The first-order chi connectivity index (χ1) is 12.2. The molecule has 0 radical (unpaired) electrons. The molecule has 0 saturated heterocycles. The lowest BCUT2D eigenvalue weighted by atomic mass is 10.3. The predicted molar refractivity (Wildman–Crippen MR) is 97.4 cm³/mol. The number of pyridine rings is 1. The number of nitrogen functional groups attached to an aromatic ring is 1. The maximum atomic E-state index is 14.0. The first-order valence-electron chi connectivity index (χ1n) is 7.77. The average Bonchev–Trinajstić information content (AvgIpc) is 3.23. The summed E-state index contributed by atoms with van der Waals surface area (Å²) in [6.07, 6.45) is 5.28. The number of halogens is 1. The summed E-state index contributed by atoms with van der Waals surface area (Å²) < 4.78 is 22.7. The number of benzene rings is 1. The molecule has 0 saturated carbocycles. The van der Waals surface area contributed by atoms with E-state index in [1.54, 1.807) is 36.0 Å². The van der Waals surface area contributed by atoms with E-state index >= 15 is 0 Å². The minimum Gasteiger partial charge on any atom is -0.453 e. The summed E-state index contributed by atoms with van der Waals surface area (Å²) in [6.45, 7) is 2.90. The van der Waals surface area contributed by atoms with Gasteiger partial charge in [-0.25, -0.2) is 9.37 Å². The number of aryl methyl sites for hydroxylation is 1. The van der Waals surface area contributed by atoms with Crippen LogP contribution in [0.2, 0.25) is 0 Å². The molecule has 1 aromatic carbocycles. The van der Waals surface area contributed by atoms with Gasteiger partial charge < -0.3 is 15.0 Å². The number of aromatic nitrogens is 3. The summed E-state index contributed by atoms with van der Waals surface area (Å²) in [6, 6.07) is 8.10. The third-order valence-electron chi connectivity index (χ3n) is 3.86. The molecule has 4 rings (SSSR count). The third-order valence-corrected chi connectivity index (χ3v) is 5.02. The Labute approximate surface area is 147 Å². The van der Waals surface area contributed by atoms with Crippen molar-refractivity contribution < 1.29 is 9.13 Å². The second-order valence-corrected chi connectivity index (χ2v) is 6.54. The van der Waals surface area contributed by atoms with E-state index in [2.05, 4.69) is 21.5 Å². The Morgan fingerprint density at radius 2 is 2.12 bits per heavy atom. The molecule has 2 N–H and O–H groups in total. The third kappa shape index (κ3) is 2.83. The zero-order valence-electron chi connectivity index (χ0n) is 13.4. The van der Waals surface area contributed by atoms with Crippen molar-refractivity contribution in [3.63, 3.8) is 0 Å². The van der Waals surface area contributed by atoms with Gasteiger partial charge in [0.1, 0.15) is 5.75 Å². The molecule has 4 aromatic rings. The standard InChI is InChI=1S/C18H15FN4OS/c1-2-23-10-21-9-14(23)17-8-13-18(25-17)16(5-6-22-13)24-15-4-3-11(20)7-12(15)19/h3-10H,2,20H2,1H3. The number of thiophene rings is 1. The van der Waals surface area contributed by atoms with E-state index in [1.165, 1.54) is 12.1 Å². The van der Waals surface area contributed by atoms with Gasteiger partial charge in [-0.2, -0.15) is 0 Å². The number of anilines is 1. The van der Waals surface area contributed by atoms with Crippen LogP contribution < -0.4 is 10.5 Å². The maximum absolute atomic E-state index is 14.0. The molecule has 7 heteroatoms. The molecule has 0 aliphatic heterocycles. The normalized spacial score (nSPS) is 11.1. The monoisotopic (exact) mass is 354 g/mol. The van der Waals surface area contributed by atoms with Crippen molar-refractivity contribution in [3.8, 4) is 22.1 Å². The molecule has 3 heterocycles. The smallest absolute Gasteiger partial charge is 0.167 e. The Hall–Kier alpha value is -2.93. The fraction of sp³-hybridized carbons (Fsp3) is 0.111. The summed E-state index contributed by atoms with van der Waals surface area (Å²) in [5.74, 6) is 0.202. The molecule has 126 valence electrons. The van der Waals surface area contributed by atoms with Crippen molar-refractivity contribution >= 4 is 27.2 Å². The number of imidazole rings is 1. The van der Waals surface area contributed by atoms with Gasteiger partial charge in [-0.05, 0) is 25.1 Å². The summed E-state index contributed by atoms with van der Waals surface area (Å²) >= 11 is 1.54. The van der Waals surface area contributed by atoms with Gasteiger partial charge in [-0.1, -0.05) is 0 Å². The zero-order valence-corrected chi connectivity index (χ0v) is 14.3. The summed E-state index contributed by atoms with van der Waals surface area (Å²) in [4.78, 5) is 9.64. The van der Waals surface area contributed by atoms with Crippen LogP contribution >= 0.6 is 11.3 Å². The van der Waals surface area contributed by atoms with Crippen molar-refractivity contribution in [2.24, 2.45) is 0 Å². The highest BCUT2D eigenvalue weighted by Gasteiger charge is 2.14. The highest BCUT2D eigenvalue weighted by molar-refractivity contribution is 7.22. The Balaban J connectivity index is 1.77. The summed E-state index contributed by atoms with van der Waals surface area (Å²) in [5.41, 5.74) is 7.77. The Morgan fingerprint density at radius 3 is 2.92 bits per heavy atom. The molecule has 25 heavy (non-hydrogen) atoms. The van der Waals surface area contributed by atoms with Crippen molar-refractivity contribution in [1.29, 1.82) is 0 Å². The lowest BCUT2D eigenvalue weighted by Gasteiger charge is -2.07. The highest BCUT2D eigenvalue weighted by atomic mass is 32.1. The summed E-state index contributed by atoms with van der Waals surface area (Å²) in [5, 5.41) is 0. The lowest BCUT2D eigenvalue weighted by Crippen LogP contribution is -1.92. The Morgan fingerprint density at radius 1 is 1.24 bits per heavy atom. The van der Waals surface area contributed by atoms with Crippen LogP contribution in [0.4, 0.5) is 10.1 Å². The van der Waals surface area contributed by atoms with Gasteiger partial charge in [-0.3, -0.25) is 4.98 Å². The Bertz CT molecular complexity index is 1060. The van der Waals surface area contributed by atoms with Crippen molar-refractivity contribution in [1.82, 2.24) is 14.5 Å². The van der Waals surface area contributed by atoms with Gasteiger partial charge in [-0.15, -0.1) is 11.3 Å². The van der Waals surface area contributed by atoms with Crippen LogP contribution in [0, 0.1) is 5.82 Å². The first kappa shape index (κ1) is 15.6. The Kier molecular flexibility index (Phi) is 3.85. The average molecular weight is 354 g/mol. The van der Waals surface area contributed by atoms with Gasteiger partial charge in [0.2, 0.25) is 0 Å². The molecule has 0 atom stereocenters. The first-order valence-corrected chi connectivity index (χ1v) is 8.59. The zero-order chi connectivity index (χ0) is 17.4. The minimum atomic E-state index is -0.495. The second kappa shape index (κ2) is 6.18. The van der Waals surface area contributed by atoms with Crippen LogP contribution in [0.15, 0.2) is 49.1 Å². The van der Waals surface area contributed by atoms with Crippen LogP contribution in [0.3, 0.4) is 0 Å². The van der Waals surface area contributed by atoms with E-state index in [0.717, 1.165) is 27.3 Å². The summed E-state index contributed by atoms with van der Waals surface area (Å²) in [7, 11) is 0. The van der Waals surface area contributed by atoms with Crippen molar-refractivity contribution in [2.75, 3.05) is 5.73 Å². The topological polar surface area (TPSA) is 66.0 Å². The van der Waals surface area contributed by atoms with E-state index < -0.39 is 5.82 Å². The van der Waals surface area contributed by atoms with Gasteiger partial charge in [0, 0.05) is 30.6 Å². The van der Waals surface area contributed by atoms with E-state index in [0.29, 0.717) is 11.4 Å². The largest absolute Gasteiger partial charge is 0.453 e. The number of hydrogen-bond acceptors (Lipinski definition) is 5. The van der Waals surface area contributed by atoms with Crippen molar-refractivity contribution in [3.05, 3.63) is 54.9 Å². The van der Waals surface area contributed by atoms with Crippen LogP contribution in [0.25, 0.3) is 20.8 Å². The van der Waals surface area contributed by atoms with Gasteiger partial charge in [0.15, 0.2) is 11.6 Å². The van der Waals surface area contributed by atoms with Gasteiger partial charge in [0.05, 0.1) is 33.3 Å². The predicted octanol–water partition coefficient (Wildman–Crippen LogP) is 4.69. The van der Waals surface area contributed by atoms with Gasteiger partial charge in [0.25, 0.3) is 0 Å². The number of nitrogens with two attached hydrogens (primary N) is 1. The number of rotatable bonds is 4. The molecule has 0 aliphatic carbocycles. The van der Waals surface area contributed by atoms with E-state index in [1.807, 2.05) is 12.3 Å². The molecule has 0 amide bonds. The number of fused-ring (bicyclic) bond motifs is 1.